The van der Waals surface area contributed by atoms with Crippen LogP contribution >= 0.6 is 0 Å². The van der Waals surface area contributed by atoms with Gasteiger partial charge in [0.25, 0.3) is 5.56 Å². The maximum absolute atomic E-state index is 12.2. The summed E-state index contributed by atoms with van der Waals surface area (Å²) < 4.78 is 0. The molecule has 0 saturated carbocycles. The molecule has 1 aliphatic rings. The molecular formula is C18H20N4O. The molecule has 118 valence electrons. The second-order valence-electron chi connectivity index (χ2n) is 6.26. The van der Waals surface area contributed by atoms with Gasteiger partial charge in [-0.1, -0.05) is 32.0 Å². The molecule has 5 nitrogen and oxygen atoms in total. The molecule has 0 saturated heterocycles. The Morgan fingerprint density at radius 2 is 2.17 bits per heavy atom. The minimum absolute atomic E-state index is 0.00391. The van der Waals surface area contributed by atoms with Crippen molar-refractivity contribution in [3.63, 3.8) is 0 Å². The number of rotatable bonds is 3. The zero-order valence-electron chi connectivity index (χ0n) is 13.5. The number of fused-ring (bicyclic) bond motifs is 1. The van der Waals surface area contributed by atoms with Crippen molar-refractivity contribution in [2.24, 2.45) is 0 Å². The van der Waals surface area contributed by atoms with Gasteiger partial charge in [-0.2, -0.15) is 5.26 Å². The summed E-state index contributed by atoms with van der Waals surface area (Å²) in [5.41, 5.74) is 3.40. The number of benzene rings is 1. The van der Waals surface area contributed by atoms with Crippen LogP contribution in [0.1, 0.15) is 48.0 Å². The zero-order chi connectivity index (χ0) is 16.4. The van der Waals surface area contributed by atoms with E-state index in [1.807, 2.05) is 38.1 Å². The summed E-state index contributed by atoms with van der Waals surface area (Å²) in [7, 11) is 0. The van der Waals surface area contributed by atoms with Crippen molar-refractivity contribution in [2.45, 2.75) is 39.3 Å². The van der Waals surface area contributed by atoms with E-state index in [-0.39, 0.29) is 11.5 Å². The van der Waals surface area contributed by atoms with E-state index >= 15 is 0 Å². The monoisotopic (exact) mass is 308 g/mol. The third-order valence-electron chi connectivity index (χ3n) is 4.25. The van der Waals surface area contributed by atoms with Gasteiger partial charge in [0, 0.05) is 31.1 Å². The molecule has 0 radical (unpaired) electrons. The van der Waals surface area contributed by atoms with Crippen LogP contribution in [-0.2, 0) is 19.5 Å². The Morgan fingerprint density at radius 3 is 2.91 bits per heavy atom. The summed E-state index contributed by atoms with van der Waals surface area (Å²) in [5, 5.41) is 9.21. The molecule has 23 heavy (non-hydrogen) atoms. The highest BCUT2D eigenvalue weighted by Gasteiger charge is 2.22. The summed E-state index contributed by atoms with van der Waals surface area (Å²) in [5.74, 6) is 0.940. The van der Waals surface area contributed by atoms with Crippen molar-refractivity contribution in [3.05, 3.63) is 62.8 Å². The van der Waals surface area contributed by atoms with E-state index in [0.29, 0.717) is 25.1 Å². The minimum Gasteiger partial charge on any atom is -0.310 e. The van der Waals surface area contributed by atoms with Gasteiger partial charge < -0.3 is 4.98 Å². The van der Waals surface area contributed by atoms with Crippen molar-refractivity contribution < 1.29 is 0 Å². The average Bonchev–Trinajstić information content (AvgIpc) is 2.55. The number of nitrogens with zero attached hydrogens (tertiary/aromatic N) is 3. The van der Waals surface area contributed by atoms with Crippen molar-refractivity contribution in [2.75, 3.05) is 6.54 Å². The number of H-pyrrole nitrogens is 1. The molecule has 1 aromatic heterocycles. The molecule has 2 heterocycles. The highest BCUT2D eigenvalue weighted by Crippen LogP contribution is 2.19. The van der Waals surface area contributed by atoms with E-state index in [2.05, 4.69) is 20.9 Å². The SMILES string of the molecule is CC(C)c1nc2c(c(=O)[nH]1)CCN(Cc1ccccc1C#N)C2. The largest absolute Gasteiger partial charge is 0.310 e. The van der Waals surface area contributed by atoms with Crippen LogP contribution in [0.5, 0.6) is 0 Å². The van der Waals surface area contributed by atoms with E-state index in [4.69, 9.17) is 0 Å². The maximum Gasteiger partial charge on any atom is 0.254 e. The maximum atomic E-state index is 12.2. The topological polar surface area (TPSA) is 72.8 Å². The van der Waals surface area contributed by atoms with Crippen LogP contribution in [0.3, 0.4) is 0 Å². The summed E-state index contributed by atoms with van der Waals surface area (Å²) in [6.45, 7) is 6.20. The number of aromatic amines is 1. The van der Waals surface area contributed by atoms with E-state index in [9.17, 15) is 10.1 Å². The highest BCUT2D eigenvalue weighted by atomic mass is 16.1. The first-order chi connectivity index (χ1) is 11.1. The molecule has 0 amide bonds. The third-order valence-corrected chi connectivity index (χ3v) is 4.25. The van der Waals surface area contributed by atoms with Gasteiger partial charge in [0.05, 0.1) is 17.3 Å². The fourth-order valence-electron chi connectivity index (χ4n) is 2.93. The van der Waals surface area contributed by atoms with Crippen molar-refractivity contribution in [1.82, 2.24) is 14.9 Å². The van der Waals surface area contributed by atoms with Crippen LogP contribution in [-0.4, -0.2) is 21.4 Å². The average molecular weight is 308 g/mol. The number of hydrogen-bond donors (Lipinski definition) is 1. The summed E-state index contributed by atoms with van der Waals surface area (Å²) in [6, 6.07) is 9.90. The van der Waals surface area contributed by atoms with Gasteiger partial charge in [-0.25, -0.2) is 4.98 Å². The first-order valence-electron chi connectivity index (χ1n) is 7.91. The molecule has 0 spiro atoms. The predicted molar refractivity (Wildman–Crippen MR) is 87.9 cm³/mol. The van der Waals surface area contributed by atoms with Crippen molar-refractivity contribution >= 4 is 0 Å². The minimum atomic E-state index is -0.00391. The smallest absolute Gasteiger partial charge is 0.254 e. The van der Waals surface area contributed by atoms with E-state index in [1.54, 1.807) is 0 Å². The Morgan fingerprint density at radius 1 is 1.39 bits per heavy atom. The quantitative estimate of drug-likeness (QED) is 0.944. The lowest BCUT2D eigenvalue weighted by Gasteiger charge is -2.28. The summed E-state index contributed by atoms with van der Waals surface area (Å²) in [4.78, 5) is 22.0. The molecule has 0 atom stereocenters. The zero-order valence-corrected chi connectivity index (χ0v) is 13.5. The Balaban J connectivity index is 1.85. The third kappa shape index (κ3) is 3.17. The molecule has 0 bridgehead atoms. The van der Waals surface area contributed by atoms with Crippen LogP contribution < -0.4 is 5.56 Å². The fraction of sp³-hybridized carbons (Fsp3) is 0.389. The molecule has 1 N–H and O–H groups in total. The van der Waals surface area contributed by atoms with E-state index < -0.39 is 0 Å². The first kappa shape index (κ1) is 15.4. The Hall–Kier alpha value is -2.45. The van der Waals surface area contributed by atoms with Gasteiger partial charge in [0.15, 0.2) is 0 Å². The normalized spacial score (nSPS) is 14.5. The number of nitrogens with one attached hydrogen (secondary N) is 1. The summed E-state index contributed by atoms with van der Waals surface area (Å²) in [6.07, 6.45) is 0.699. The lowest BCUT2D eigenvalue weighted by atomic mass is 10.0. The lowest BCUT2D eigenvalue weighted by molar-refractivity contribution is 0.239. The van der Waals surface area contributed by atoms with Gasteiger partial charge in [-0.05, 0) is 18.1 Å². The molecule has 2 aromatic rings. The first-order valence-corrected chi connectivity index (χ1v) is 7.91. The van der Waals surface area contributed by atoms with E-state index in [1.165, 1.54) is 0 Å². The fourth-order valence-corrected chi connectivity index (χ4v) is 2.93. The van der Waals surface area contributed by atoms with Crippen molar-refractivity contribution in [3.8, 4) is 6.07 Å². The van der Waals surface area contributed by atoms with Crippen LogP contribution in [0.2, 0.25) is 0 Å². The highest BCUT2D eigenvalue weighted by molar-refractivity contribution is 5.37. The van der Waals surface area contributed by atoms with Crippen LogP contribution in [0.4, 0.5) is 0 Å². The lowest BCUT2D eigenvalue weighted by Crippen LogP contribution is -2.35. The Labute approximate surface area is 135 Å². The number of nitriles is 1. The molecule has 0 unspecified atom stereocenters. The summed E-state index contributed by atoms with van der Waals surface area (Å²) >= 11 is 0. The molecule has 1 aliphatic heterocycles. The van der Waals surface area contributed by atoms with Gasteiger partial charge in [0.2, 0.25) is 0 Å². The molecular weight excluding hydrogens is 288 g/mol. The van der Waals surface area contributed by atoms with Gasteiger partial charge in [0.1, 0.15) is 5.82 Å². The van der Waals surface area contributed by atoms with Crippen molar-refractivity contribution in [1.29, 1.82) is 5.26 Å². The van der Waals surface area contributed by atoms with E-state index in [0.717, 1.165) is 29.2 Å². The van der Waals surface area contributed by atoms with Crippen LogP contribution in [0.25, 0.3) is 0 Å². The molecule has 0 fully saturated rings. The number of hydrogen-bond acceptors (Lipinski definition) is 4. The van der Waals surface area contributed by atoms with Gasteiger partial charge in [-0.15, -0.1) is 0 Å². The van der Waals surface area contributed by atoms with Crippen LogP contribution in [0.15, 0.2) is 29.1 Å². The molecule has 3 rings (SSSR count). The Kier molecular flexibility index (Phi) is 4.26. The molecule has 0 aliphatic carbocycles. The predicted octanol–water partition coefficient (Wildman–Crippen LogP) is 2.32. The second kappa shape index (κ2) is 6.35. The molecule has 1 aromatic carbocycles. The number of aromatic nitrogens is 2. The second-order valence-corrected chi connectivity index (χ2v) is 6.26. The van der Waals surface area contributed by atoms with Crippen LogP contribution in [0, 0.1) is 11.3 Å². The van der Waals surface area contributed by atoms with Gasteiger partial charge >= 0.3 is 0 Å². The van der Waals surface area contributed by atoms with Gasteiger partial charge in [-0.3, -0.25) is 9.69 Å². The Bertz CT molecular complexity index is 817. The molecule has 5 heteroatoms. The standard InChI is InChI=1S/C18H20N4O/c1-12(2)17-20-16-11-22(8-7-15(16)18(23)21-17)10-14-6-4-3-5-13(14)9-19/h3-6,12H,7-8,10-11H2,1-2H3,(H,20,21,23).